The van der Waals surface area contributed by atoms with Gasteiger partial charge in [-0.05, 0) is 54.3 Å². The van der Waals surface area contributed by atoms with Crippen LogP contribution >= 0.6 is 12.6 Å². The second-order valence-corrected chi connectivity index (χ2v) is 4.90. The quantitative estimate of drug-likeness (QED) is 0.713. The topological polar surface area (TPSA) is 50.4 Å². The molecule has 5 heteroatoms. The third kappa shape index (κ3) is 4.72. The molecule has 0 saturated heterocycles. The lowest BCUT2D eigenvalue weighted by molar-refractivity contribution is -0.115. The van der Waals surface area contributed by atoms with E-state index in [1.54, 1.807) is 7.11 Å². The van der Waals surface area contributed by atoms with Gasteiger partial charge in [0.1, 0.15) is 5.75 Å². The molecule has 2 N–H and O–H groups in total. The van der Waals surface area contributed by atoms with Gasteiger partial charge >= 0.3 is 0 Å². The predicted molar refractivity (Wildman–Crippen MR) is 89.8 cm³/mol. The van der Waals surface area contributed by atoms with Crippen LogP contribution in [0.1, 0.15) is 6.42 Å². The number of nitrogens with one attached hydrogen (secondary N) is 2. The highest BCUT2D eigenvalue weighted by Gasteiger charge is 2.01. The van der Waals surface area contributed by atoms with E-state index in [0.717, 1.165) is 22.8 Å². The number of rotatable bonds is 6. The van der Waals surface area contributed by atoms with E-state index < -0.39 is 0 Å². The number of carbonyl (C=O) groups excluding carboxylic acids is 1. The van der Waals surface area contributed by atoms with E-state index in [1.807, 2.05) is 48.5 Å². The van der Waals surface area contributed by atoms with Crippen LogP contribution in [-0.4, -0.2) is 18.8 Å². The molecule has 0 aliphatic rings. The number of anilines is 3. The molecule has 2 rings (SSSR count). The minimum Gasteiger partial charge on any atom is -0.497 e. The van der Waals surface area contributed by atoms with Crippen molar-refractivity contribution in [3.05, 3.63) is 48.5 Å². The maximum atomic E-state index is 11.5. The largest absolute Gasteiger partial charge is 0.497 e. The van der Waals surface area contributed by atoms with Crippen LogP contribution in [0.2, 0.25) is 0 Å². The zero-order chi connectivity index (χ0) is 15.1. The summed E-state index contributed by atoms with van der Waals surface area (Å²) in [6.07, 6.45) is 0.412. The van der Waals surface area contributed by atoms with Crippen molar-refractivity contribution in [2.24, 2.45) is 0 Å². The van der Waals surface area contributed by atoms with Crippen molar-refractivity contribution in [2.75, 3.05) is 23.5 Å². The summed E-state index contributed by atoms with van der Waals surface area (Å²) < 4.78 is 5.12. The van der Waals surface area contributed by atoms with Crippen molar-refractivity contribution >= 4 is 35.6 Å². The van der Waals surface area contributed by atoms with Gasteiger partial charge in [-0.15, -0.1) is 0 Å². The zero-order valence-electron chi connectivity index (χ0n) is 11.8. The monoisotopic (exact) mass is 302 g/mol. The molecule has 0 radical (unpaired) electrons. The first-order valence-electron chi connectivity index (χ1n) is 6.63. The summed E-state index contributed by atoms with van der Waals surface area (Å²) in [6.45, 7) is 0. The summed E-state index contributed by atoms with van der Waals surface area (Å²) in [4.78, 5) is 11.5. The Morgan fingerprint density at radius 2 is 1.52 bits per heavy atom. The molecule has 2 aromatic rings. The number of benzene rings is 2. The van der Waals surface area contributed by atoms with Crippen LogP contribution in [0.25, 0.3) is 0 Å². The second kappa shape index (κ2) is 7.59. The molecule has 0 fully saturated rings. The van der Waals surface area contributed by atoms with E-state index in [4.69, 9.17) is 4.74 Å². The van der Waals surface area contributed by atoms with E-state index >= 15 is 0 Å². The Bertz CT molecular complexity index is 582. The van der Waals surface area contributed by atoms with E-state index in [1.165, 1.54) is 0 Å². The van der Waals surface area contributed by atoms with Crippen LogP contribution in [0, 0.1) is 0 Å². The lowest BCUT2D eigenvalue weighted by atomic mass is 10.2. The SMILES string of the molecule is COc1ccc(Nc2ccc(NC(=O)CCS)cc2)cc1. The van der Waals surface area contributed by atoms with Crippen LogP contribution in [0.3, 0.4) is 0 Å². The van der Waals surface area contributed by atoms with E-state index in [0.29, 0.717) is 12.2 Å². The summed E-state index contributed by atoms with van der Waals surface area (Å²) >= 11 is 4.03. The second-order valence-electron chi connectivity index (χ2n) is 4.45. The number of hydrogen-bond acceptors (Lipinski definition) is 4. The highest BCUT2D eigenvalue weighted by atomic mass is 32.1. The zero-order valence-corrected chi connectivity index (χ0v) is 12.7. The van der Waals surface area contributed by atoms with Gasteiger partial charge in [0.25, 0.3) is 0 Å². The molecule has 0 aliphatic carbocycles. The van der Waals surface area contributed by atoms with Crippen molar-refractivity contribution in [1.82, 2.24) is 0 Å². The molecule has 0 aliphatic heterocycles. The normalized spacial score (nSPS) is 10.0. The Kier molecular flexibility index (Phi) is 5.51. The van der Waals surface area contributed by atoms with Crippen molar-refractivity contribution in [1.29, 1.82) is 0 Å². The molecular weight excluding hydrogens is 284 g/mol. The lowest BCUT2D eigenvalue weighted by Gasteiger charge is -2.09. The average Bonchev–Trinajstić information content (AvgIpc) is 2.50. The smallest absolute Gasteiger partial charge is 0.225 e. The number of methoxy groups -OCH3 is 1. The van der Waals surface area contributed by atoms with E-state index in [9.17, 15) is 4.79 Å². The summed E-state index contributed by atoms with van der Waals surface area (Å²) in [7, 11) is 1.64. The molecule has 2 aromatic carbocycles. The van der Waals surface area contributed by atoms with Crippen molar-refractivity contribution < 1.29 is 9.53 Å². The van der Waals surface area contributed by atoms with Crippen LogP contribution < -0.4 is 15.4 Å². The third-order valence-electron chi connectivity index (χ3n) is 2.89. The van der Waals surface area contributed by atoms with Crippen molar-refractivity contribution in [3.8, 4) is 5.75 Å². The van der Waals surface area contributed by atoms with Gasteiger partial charge in [0.15, 0.2) is 0 Å². The highest BCUT2D eigenvalue weighted by Crippen LogP contribution is 2.21. The van der Waals surface area contributed by atoms with Crippen molar-refractivity contribution in [2.45, 2.75) is 6.42 Å². The number of amides is 1. The highest BCUT2D eigenvalue weighted by molar-refractivity contribution is 7.80. The molecule has 21 heavy (non-hydrogen) atoms. The van der Waals surface area contributed by atoms with Gasteiger partial charge in [-0.2, -0.15) is 12.6 Å². The molecule has 0 unspecified atom stereocenters. The molecule has 0 aromatic heterocycles. The third-order valence-corrected chi connectivity index (χ3v) is 3.11. The predicted octanol–water partition coefficient (Wildman–Crippen LogP) is 3.70. The summed E-state index contributed by atoms with van der Waals surface area (Å²) in [5.41, 5.74) is 2.71. The first-order chi connectivity index (χ1) is 10.2. The van der Waals surface area contributed by atoms with Crippen LogP contribution in [-0.2, 0) is 4.79 Å². The summed E-state index contributed by atoms with van der Waals surface area (Å²) in [5, 5.41) is 6.10. The summed E-state index contributed by atoms with van der Waals surface area (Å²) in [6, 6.07) is 15.2. The van der Waals surface area contributed by atoms with Crippen LogP contribution in [0.15, 0.2) is 48.5 Å². The molecule has 0 saturated carbocycles. The van der Waals surface area contributed by atoms with E-state index in [-0.39, 0.29) is 5.91 Å². The minimum atomic E-state index is -0.0270. The fourth-order valence-corrected chi connectivity index (χ4v) is 2.01. The van der Waals surface area contributed by atoms with Crippen LogP contribution in [0.5, 0.6) is 5.75 Å². The average molecular weight is 302 g/mol. The maximum absolute atomic E-state index is 11.5. The fourth-order valence-electron chi connectivity index (χ4n) is 1.80. The van der Waals surface area contributed by atoms with Gasteiger partial charge in [-0.3, -0.25) is 4.79 Å². The Morgan fingerprint density at radius 1 is 1.00 bits per heavy atom. The van der Waals surface area contributed by atoms with Crippen molar-refractivity contribution in [3.63, 3.8) is 0 Å². The van der Waals surface area contributed by atoms with Gasteiger partial charge in [-0.1, -0.05) is 0 Å². The summed E-state index contributed by atoms with van der Waals surface area (Å²) in [5.74, 6) is 1.34. The van der Waals surface area contributed by atoms with Gasteiger partial charge in [0.2, 0.25) is 5.91 Å². The maximum Gasteiger partial charge on any atom is 0.225 e. The molecule has 0 bridgehead atoms. The van der Waals surface area contributed by atoms with Gasteiger partial charge < -0.3 is 15.4 Å². The molecule has 0 atom stereocenters. The van der Waals surface area contributed by atoms with Gasteiger partial charge in [0, 0.05) is 23.5 Å². The molecule has 0 heterocycles. The standard InChI is InChI=1S/C16H18N2O2S/c1-20-15-8-6-13(7-9-15)17-12-2-4-14(5-3-12)18-16(19)10-11-21/h2-9,17,21H,10-11H2,1H3,(H,18,19). The molecular formula is C16H18N2O2S. The first-order valence-corrected chi connectivity index (χ1v) is 7.26. The van der Waals surface area contributed by atoms with Gasteiger partial charge in [0.05, 0.1) is 7.11 Å². The number of hydrogen-bond donors (Lipinski definition) is 3. The minimum absolute atomic E-state index is 0.0270. The van der Waals surface area contributed by atoms with E-state index in [2.05, 4.69) is 23.3 Å². The lowest BCUT2D eigenvalue weighted by Crippen LogP contribution is -2.11. The molecule has 110 valence electrons. The Labute approximate surface area is 129 Å². The number of ether oxygens (including phenoxy) is 1. The first kappa shape index (κ1) is 15.3. The molecule has 1 amide bonds. The Morgan fingerprint density at radius 3 is 2.05 bits per heavy atom. The molecule has 4 nitrogen and oxygen atoms in total. The fraction of sp³-hybridized carbons (Fsp3) is 0.188. The number of thiol groups is 1. The number of carbonyl (C=O) groups is 1. The van der Waals surface area contributed by atoms with Crippen LogP contribution in [0.4, 0.5) is 17.1 Å². The Hall–Kier alpha value is -2.14. The molecule has 0 spiro atoms. The van der Waals surface area contributed by atoms with Gasteiger partial charge in [-0.25, -0.2) is 0 Å². The Balaban J connectivity index is 1.96.